The minimum absolute atomic E-state index is 0. The highest BCUT2D eigenvalue weighted by Gasteiger charge is 2.40. The number of hydrogen-bond donors (Lipinski definition) is 2. The van der Waals surface area contributed by atoms with E-state index in [0.717, 1.165) is 18.9 Å². The van der Waals surface area contributed by atoms with E-state index in [4.69, 9.17) is 0 Å². The van der Waals surface area contributed by atoms with Gasteiger partial charge in [0.05, 0.1) is 6.04 Å². The van der Waals surface area contributed by atoms with Crippen LogP contribution in [0.15, 0.2) is 0 Å². The SMILES string of the molecule is CN(C)C1(CNC(=O)C2CC3CCCCC3N2)CCCC1.Cl.Cl. The molecule has 0 radical (unpaired) electrons. The molecule has 3 aliphatic rings. The average molecular weight is 366 g/mol. The number of hydrogen-bond acceptors (Lipinski definition) is 3. The molecule has 2 aliphatic carbocycles. The third kappa shape index (κ3) is 4.53. The van der Waals surface area contributed by atoms with Gasteiger partial charge in [-0.1, -0.05) is 25.7 Å². The van der Waals surface area contributed by atoms with E-state index in [0.29, 0.717) is 6.04 Å². The van der Waals surface area contributed by atoms with E-state index in [1.807, 2.05) is 0 Å². The lowest BCUT2D eigenvalue weighted by atomic mass is 9.85. The Morgan fingerprint density at radius 2 is 1.78 bits per heavy atom. The number of carbonyl (C=O) groups is 1. The van der Waals surface area contributed by atoms with Crippen molar-refractivity contribution in [2.75, 3.05) is 20.6 Å². The zero-order valence-corrected chi connectivity index (χ0v) is 16.1. The summed E-state index contributed by atoms with van der Waals surface area (Å²) in [6.45, 7) is 0.812. The standard InChI is InChI=1S/C17H31N3O.2ClH/c1-20(2)17(9-5-6-10-17)12-18-16(21)15-11-13-7-3-4-8-14(13)19-15;;/h13-15,19H,3-12H2,1-2H3,(H,18,21);2*1H. The third-order valence-corrected chi connectivity index (χ3v) is 6.25. The first-order chi connectivity index (χ1) is 10.1. The van der Waals surface area contributed by atoms with Crippen molar-refractivity contribution in [3.63, 3.8) is 0 Å². The Labute approximate surface area is 153 Å². The van der Waals surface area contributed by atoms with E-state index < -0.39 is 0 Å². The highest BCUT2D eigenvalue weighted by atomic mass is 35.5. The molecule has 3 unspecified atom stereocenters. The zero-order valence-electron chi connectivity index (χ0n) is 14.5. The number of rotatable bonds is 4. The highest BCUT2D eigenvalue weighted by molar-refractivity contribution is 5.85. The second-order valence-electron chi connectivity index (χ2n) is 7.65. The van der Waals surface area contributed by atoms with E-state index in [9.17, 15) is 4.79 Å². The monoisotopic (exact) mass is 365 g/mol. The molecule has 1 saturated heterocycles. The Morgan fingerprint density at radius 1 is 1.13 bits per heavy atom. The Bertz CT molecular complexity index is 372. The number of nitrogens with one attached hydrogen (secondary N) is 2. The topological polar surface area (TPSA) is 44.4 Å². The first kappa shape index (κ1) is 21.0. The van der Waals surface area contributed by atoms with Gasteiger partial charge in [0.1, 0.15) is 0 Å². The van der Waals surface area contributed by atoms with E-state index in [2.05, 4.69) is 29.6 Å². The molecule has 3 fully saturated rings. The molecule has 0 aromatic rings. The van der Waals surface area contributed by atoms with Gasteiger partial charge in [0, 0.05) is 18.1 Å². The highest BCUT2D eigenvalue weighted by Crippen LogP contribution is 2.34. The summed E-state index contributed by atoms with van der Waals surface area (Å²) in [7, 11) is 4.31. The maximum Gasteiger partial charge on any atom is 0.237 e. The normalized spacial score (nSPS) is 31.9. The maximum absolute atomic E-state index is 12.5. The molecule has 3 atom stereocenters. The fourth-order valence-corrected chi connectivity index (χ4v) is 4.71. The first-order valence-electron chi connectivity index (χ1n) is 8.82. The van der Waals surface area contributed by atoms with Crippen molar-refractivity contribution in [2.24, 2.45) is 5.92 Å². The number of likely N-dealkylation sites (N-methyl/N-ethyl adjacent to an activating group) is 1. The van der Waals surface area contributed by atoms with Crippen LogP contribution in [0.2, 0.25) is 0 Å². The Hall–Kier alpha value is -0.0300. The number of amides is 1. The molecule has 3 rings (SSSR count). The molecule has 2 saturated carbocycles. The smallest absolute Gasteiger partial charge is 0.237 e. The predicted octanol–water partition coefficient (Wildman–Crippen LogP) is 2.74. The van der Waals surface area contributed by atoms with Crippen LogP contribution in [0.25, 0.3) is 0 Å². The summed E-state index contributed by atoms with van der Waals surface area (Å²) in [6.07, 6.45) is 11.3. The summed E-state index contributed by atoms with van der Waals surface area (Å²) in [4.78, 5) is 14.8. The van der Waals surface area contributed by atoms with Crippen molar-refractivity contribution >= 4 is 30.7 Å². The lowest BCUT2D eigenvalue weighted by molar-refractivity contribution is -0.123. The second-order valence-corrected chi connectivity index (χ2v) is 7.65. The van der Waals surface area contributed by atoms with Crippen LogP contribution in [0.4, 0.5) is 0 Å². The van der Waals surface area contributed by atoms with Gasteiger partial charge in [0.15, 0.2) is 0 Å². The van der Waals surface area contributed by atoms with Gasteiger partial charge >= 0.3 is 0 Å². The minimum atomic E-state index is 0. The molecule has 136 valence electrons. The molecule has 1 aliphatic heterocycles. The quantitative estimate of drug-likeness (QED) is 0.804. The zero-order chi connectivity index (χ0) is 14.9. The van der Waals surface area contributed by atoms with Crippen LogP contribution in [0.3, 0.4) is 0 Å². The number of carbonyl (C=O) groups excluding carboxylic acids is 1. The van der Waals surface area contributed by atoms with Gasteiger partial charge in [0.25, 0.3) is 0 Å². The molecule has 0 spiro atoms. The maximum atomic E-state index is 12.5. The van der Waals surface area contributed by atoms with Crippen molar-refractivity contribution in [1.82, 2.24) is 15.5 Å². The van der Waals surface area contributed by atoms with Gasteiger partial charge in [-0.05, 0) is 52.1 Å². The largest absolute Gasteiger partial charge is 0.353 e. The second kappa shape index (κ2) is 8.89. The van der Waals surface area contributed by atoms with Crippen LogP contribution in [0.1, 0.15) is 57.8 Å². The van der Waals surface area contributed by atoms with Gasteiger partial charge in [-0.2, -0.15) is 0 Å². The van der Waals surface area contributed by atoms with Crippen LogP contribution in [0, 0.1) is 5.92 Å². The Kier molecular flexibility index (Phi) is 8.12. The van der Waals surface area contributed by atoms with Crippen LogP contribution >= 0.6 is 24.8 Å². The molecule has 2 N–H and O–H groups in total. The number of fused-ring (bicyclic) bond motifs is 1. The van der Waals surface area contributed by atoms with Gasteiger partial charge in [-0.3, -0.25) is 4.79 Å². The number of halogens is 2. The van der Waals surface area contributed by atoms with Gasteiger partial charge < -0.3 is 15.5 Å². The summed E-state index contributed by atoms with van der Waals surface area (Å²) in [6, 6.07) is 0.655. The molecule has 6 heteroatoms. The molecule has 0 aromatic heterocycles. The van der Waals surface area contributed by atoms with Crippen molar-refractivity contribution in [3.05, 3.63) is 0 Å². The fourth-order valence-electron chi connectivity index (χ4n) is 4.71. The summed E-state index contributed by atoms with van der Waals surface area (Å²) >= 11 is 0. The molecule has 0 bridgehead atoms. The van der Waals surface area contributed by atoms with Gasteiger partial charge in [-0.15, -0.1) is 24.8 Å². The lowest BCUT2D eigenvalue weighted by Crippen LogP contribution is -2.53. The summed E-state index contributed by atoms with van der Waals surface area (Å²) in [5, 5.41) is 6.84. The predicted molar refractivity (Wildman–Crippen MR) is 99.7 cm³/mol. The van der Waals surface area contributed by atoms with Crippen molar-refractivity contribution in [2.45, 2.75) is 75.4 Å². The Balaban J connectivity index is 0.00000132. The summed E-state index contributed by atoms with van der Waals surface area (Å²) in [5.74, 6) is 0.973. The van der Waals surface area contributed by atoms with Crippen LogP contribution in [-0.4, -0.2) is 49.1 Å². The van der Waals surface area contributed by atoms with Gasteiger partial charge in [0.2, 0.25) is 5.91 Å². The Morgan fingerprint density at radius 3 is 2.39 bits per heavy atom. The molecule has 4 nitrogen and oxygen atoms in total. The lowest BCUT2D eigenvalue weighted by Gasteiger charge is -2.36. The van der Waals surface area contributed by atoms with Crippen molar-refractivity contribution in [3.8, 4) is 0 Å². The molecular weight excluding hydrogens is 333 g/mol. The van der Waals surface area contributed by atoms with E-state index in [-0.39, 0.29) is 42.3 Å². The minimum Gasteiger partial charge on any atom is -0.353 e. The molecule has 1 amide bonds. The average Bonchev–Trinajstić information content (AvgIpc) is 3.12. The number of nitrogens with zero attached hydrogens (tertiary/aromatic N) is 1. The molecular formula is C17H33Cl2N3O. The van der Waals surface area contributed by atoms with Crippen LogP contribution < -0.4 is 10.6 Å². The molecule has 0 aromatic carbocycles. The molecule has 23 heavy (non-hydrogen) atoms. The van der Waals surface area contributed by atoms with Crippen molar-refractivity contribution < 1.29 is 4.79 Å². The van der Waals surface area contributed by atoms with E-state index in [1.54, 1.807) is 0 Å². The first-order valence-corrected chi connectivity index (χ1v) is 8.82. The van der Waals surface area contributed by atoms with Crippen LogP contribution in [0.5, 0.6) is 0 Å². The van der Waals surface area contributed by atoms with Crippen LogP contribution in [-0.2, 0) is 4.79 Å². The van der Waals surface area contributed by atoms with E-state index >= 15 is 0 Å². The summed E-state index contributed by atoms with van der Waals surface area (Å²) < 4.78 is 0. The summed E-state index contributed by atoms with van der Waals surface area (Å²) in [5.41, 5.74) is 0.195. The van der Waals surface area contributed by atoms with Gasteiger partial charge in [-0.25, -0.2) is 0 Å². The van der Waals surface area contributed by atoms with Crippen molar-refractivity contribution in [1.29, 1.82) is 0 Å². The molecule has 1 heterocycles. The fraction of sp³-hybridized carbons (Fsp3) is 0.941. The van der Waals surface area contributed by atoms with E-state index in [1.165, 1.54) is 51.4 Å². The third-order valence-electron chi connectivity index (χ3n) is 6.25.